The van der Waals surface area contributed by atoms with E-state index in [1.165, 1.54) is 24.5 Å². The average Bonchev–Trinajstić information content (AvgIpc) is 2.28. The second-order valence-corrected chi connectivity index (χ2v) is 3.27. The van der Waals surface area contributed by atoms with Gasteiger partial charge < -0.3 is 16.2 Å². The number of hydrogen-bond donors (Lipinski definition) is 3. The summed E-state index contributed by atoms with van der Waals surface area (Å²) >= 11 is 0. The Hall–Kier alpha value is -2.44. The maximum absolute atomic E-state index is 11.6. The molecule has 1 rings (SSSR count). The van der Waals surface area contributed by atoms with Crippen LogP contribution in [-0.4, -0.2) is 33.9 Å². The summed E-state index contributed by atoms with van der Waals surface area (Å²) in [6.07, 6.45) is 2.35. The van der Waals surface area contributed by atoms with Crippen molar-refractivity contribution in [2.75, 3.05) is 0 Å². The van der Waals surface area contributed by atoms with Crippen LogP contribution in [0.25, 0.3) is 0 Å². The molecule has 0 aliphatic carbocycles. The molecule has 17 heavy (non-hydrogen) atoms. The molecule has 1 aromatic rings. The molecule has 2 amide bonds. The van der Waals surface area contributed by atoms with Crippen molar-refractivity contribution in [1.29, 1.82) is 0 Å². The van der Waals surface area contributed by atoms with Gasteiger partial charge in [-0.1, -0.05) is 0 Å². The first-order valence-corrected chi connectivity index (χ1v) is 4.72. The Morgan fingerprint density at radius 3 is 2.41 bits per heavy atom. The number of carboxylic acids is 1. The molecular formula is C10H11N3O4. The van der Waals surface area contributed by atoms with Crippen LogP contribution in [0.2, 0.25) is 0 Å². The number of nitrogens with two attached hydrogens (primary N) is 1. The molecule has 0 spiro atoms. The van der Waals surface area contributed by atoms with Gasteiger partial charge >= 0.3 is 5.97 Å². The molecule has 0 saturated carbocycles. The SMILES string of the molecule is NC(=O)C[C@H](NC(=O)c1ccncc1)C(=O)O. The zero-order valence-corrected chi connectivity index (χ0v) is 8.79. The van der Waals surface area contributed by atoms with Crippen molar-refractivity contribution in [3.8, 4) is 0 Å². The predicted octanol–water partition coefficient (Wildman–Crippen LogP) is -0.860. The summed E-state index contributed by atoms with van der Waals surface area (Å²) in [5.41, 5.74) is 5.14. The van der Waals surface area contributed by atoms with Crippen molar-refractivity contribution in [1.82, 2.24) is 10.3 Å². The first kappa shape index (κ1) is 12.6. The number of carbonyl (C=O) groups is 3. The number of amides is 2. The highest BCUT2D eigenvalue weighted by molar-refractivity contribution is 5.97. The van der Waals surface area contributed by atoms with Crippen LogP contribution in [0.1, 0.15) is 16.8 Å². The average molecular weight is 237 g/mol. The van der Waals surface area contributed by atoms with Gasteiger partial charge in [0.15, 0.2) is 0 Å². The van der Waals surface area contributed by atoms with E-state index in [1.807, 2.05) is 0 Å². The zero-order chi connectivity index (χ0) is 12.8. The van der Waals surface area contributed by atoms with Gasteiger partial charge in [-0.2, -0.15) is 0 Å². The number of primary amides is 1. The lowest BCUT2D eigenvalue weighted by Crippen LogP contribution is -2.43. The lowest BCUT2D eigenvalue weighted by Gasteiger charge is -2.12. The summed E-state index contributed by atoms with van der Waals surface area (Å²) in [6, 6.07) is 1.53. The highest BCUT2D eigenvalue weighted by Gasteiger charge is 2.22. The fourth-order valence-corrected chi connectivity index (χ4v) is 1.15. The number of aliphatic carboxylic acids is 1. The van der Waals surface area contributed by atoms with E-state index in [2.05, 4.69) is 10.3 Å². The van der Waals surface area contributed by atoms with Crippen LogP contribution in [-0.2, 0) is 9.59 Å². The molecule has 0 unspecified atom stereocenters. The Kier molecular flexibility index (Phi) is 4.15. The first-order chi connectivity index (χ1) is 8.00. The van der Waals surface area contributed by atoms with Gasteiger partial charge in [0.05, 0.1) is 6.42 Å². The first-order valence-electron chi connectivity index (χ1n) is 4.72. The minimum absolute atomic E-state index is 0.260. The normalized spacial score (nSPS) is 11.5. The van der Waals surface area contributed by atoms with Gasteiger partial charge in [-0.25, -0.2) is 4.79 Å². The van der Waals surface area contributed by atoms with Gasteiger partial charge in [0.1, 0.15) is 6.04 Å². The third-order valence-corrected chi connectivity index (χ3v) is 1.95. The summed E-state index contributed by atoms with van der Waals surface area (Å²) in [5, 5.41) is 11.0. The molecule has 0 fully saturated rings. The van der Waals surface area contributed by atoms with Crippen molar-refractivity contribution in [3.63, 3.8) is 0 Å². The Morgan fingerprint density at radius 2 is 1.94 bits per heavy atom. The minimum Gasteiger partial charge on any atom is -0.480 e. The molecule has 7 heteroatoms. The monoisotopic (exact) mass is 237 g/mol. The molecule has 0 saturated heterocycles. The number of pyridine rings is 1. The van der Waals surface area contributed by atoms with E-state index in [-0.39, 0.29) is 5.56 Å². The fourth-order valence-electron chi connectivity index (χ4n) is 1.15. The summed E-state index contributed by atoms with van der Waals surface area (Å²) in [5.74, 6) is -2.71. The third-order valence-electron chi connectivity index (χ3n) is 1.95. The number of aromatic nitrogens is 1. The van der Waals surface area contributed by atoms with Crippen LogP contribution in [0.5, 0.6) is 0 Å². The standard InChI is InChI=1S/C10H11N3O4/c11-8(14)5-7(10(16)17)13-9(15)6-1-3-12-4-2-6/h1-4,7H,5H2,(H2,11,14)(H,13,15)(H,16,17)/t7-/m0/s1. The van der Waals surface area contributed by atoms with E-state index in [0.29, 0.717) is 0 Å². The van der Waals surface area contributed by atoms with Crippen molar-refractivity contribution in [3.05, 3.63) is 30.1 Å². The van der Waals surface area contributed by atoms with E-state index in [0.717, 1.165) is 0 Å². The number of nitrogens with zero attached hydrogens (tertiary/aromatic N) is 1. The number of carbonyl (C=O) groups excluding carboxylic acids is 2. The van der Waals surface area contributed by atoms with Crippen molar-refractivity contribution in [2.24, 2.45) is 5.73 Å². The van der Waals surface area contributed by atoms with E-state index < -0.39 is 30.2 Å². The fraction of sp³-hybridized carbons (Fsp3) is 0.200. The van der Waals surface area contributed by atoms with Crippen LogP contribution in [0.3, 0.4) is 0 Å². The Balaban J connectivity index is 2.71. The maximum Gasteiger partial charge on any atom is 0.326 e. The smallest absolute Gasteiger partial charge is 0.326 e. The van der Waals surface area contributed by atoms with Crippen LogP contribution >= 0.6 is 0 Å². The van der Waals surface area contributed by atoms with Crippen LogP contribution in [0.4, 0.5) is 0 Å². The topological polar surface area (TPSA) is 122 Å². The Bertz CT molecular complexity index is 432. The summed E-state index contributed by atoms with van der Waals surface area (Å²) in [4.78, 5) is 36.7. The Labute approximate surface area is 96.6 Å². The molecule has 0 radical (unpaired) electrons. The zero-order valence-electron chi connectivity index (χ0n) is 8.79. The maximum atomic E-state index is 11.6. The highest BCUT2D eigenvalue weighted by atomic mass is 16.4. The van der Waals surface area contributed by atoms with Crippen molar-refractivity contribution >= 4 is 17.8 Å². The van der Waals surface area contributed by atoms with Crippen LogP contribution in [0.15, 0.2) is 24.5 Å². The summed E-state index contributed by atoms with van der Waals surface area (Å²) < 4.78 is 0. The van der Waals surface area contributed by atoms with Crippen LogP contribution < -0.4 is 11.1 Å². The number of hydrogen-bond acceptors (Lipinski definition) is 4. The van der Waals surface area contributed by atoms with Gasteiger partial charge in [0.25, 0.3) is 5.91 Å². The molecule has 0 aliphatic rings. The van der Waals surface area contributed by atoms with Gasteiger partial charge in [-0.15, -0.1) is 0 Å². The second kappa shape index (κ2) is 5.59. The van der Waals surface area contributed by atoms with E-state index in [4.69, 9.17) is 10.8 Å². The highest BCUT2D eigenvalue weighted by Crippen LogP contribution is 1.99. The molecule has 0 bridgehead atoms. The van der Waals surface area contributed by atoms with Gasteiger partial charge in [0, 0.05) is 18.0 Å². The lowest BCUT2D eigenvalue weighted by molar-refractivity contribution is -0.140. The van der Waals surface area contributed by atoms with Crippen LogP contribution in [0, 0.1) is 0 Å². The van der Waals surface area contributed by atoms with Crippen molar-refractivity contribution in [2.45, 2.75) is 12.5 Å². The molecular weight excluding hydrogens is 226 g/mol. The summed E-state index contributed by atoms with van der Waals surface area (Å²) in [7, 11) is 0. The van der Waals surface area contributed by atoms with Crippen molar-refractivity contribution < 1.29 is 19.5 Å². The molecule has 0 aliphatic heterocycles. The minimum atomic E-state index is -1.33. The second-order valence-electron chi connectivity index (χ2n) is 3.27. The summed E-state index contributed by atoms with van der Waals surface area (Å²) in [6.45, 7) is 0. The molecule has 7 nitrogen and oxygen atoms in total. The number of rotatable bonds is 5. The number of carboxylic acid groups (broad SMARTS) is 1. The molecule has 0 aromatic carbocycles. The lowest BCUT2D eigenvalue weighted by atomic mass is 10.1. The molecule has 4 N–H and O–H groups in total. The molecule has 90 valence electrons. The van der Waals surface area contributed by atoms with Gasteiger partial charge in [0.2, 0.25) is 5.91 Å². The largest absolute Gasteiger partial charge is 0.480 e. The van der Waals surface area contributed by atoms with Gasteiger partial charge in [-0.05, 0) is 12.1 Å². The van der Waals surface area contributed by atoms with E-state index >= 15 is 0 Å². The molecule has 1 atom stereocenters. The molecule has 1 aromatic heterocycles. The quantitative estimate of drug-likeness (QED) is 0.615. The Morgan fingerprint density at radius 1 is 1.35 bits per heavy atom. The predicted molar refractivity (Wildman–Crippen MR) is 56.9 cm³/mol. The van der Waals surface area contributed by atoms with E-state index in [1.54, 1.807) is 0 Å². The third kappa shape index (κ3) is 3.90. The van der Waals surface area contributed by atoms with Gasteiger partial charge in [-0.3, -0.25) is 14.6 Å². The number of nitrogens with one attached hydrogen (secondary N) is 1. The molecule has 1 heterocycles. The van der Waals surface area contributed by atoms with E-state index in [9.17, 15) is 14.4 Å².